The molecule has 2 heterocycles. The number of hydrogen-bond acceptors (Lipinski definition) is 3. The molecule has 0 aliphatic carbocycles. The predicted octanol–water partition coefficient (Wildman–Crippen LogP) is 8.14. The molecule has 8 rings (SSSR count). The van der Waals surface area contributed by atoms with Gasteiger partial charge in [-0.25, -0.2) is 0 Å². The van der Waals surface area contributed by atoms with Crippen LogP contribution in [0.4, 0.5) is 0 Å². The largest absolute Gasteiger partial charge is 0.456 e. The van der Waals surface area contributed by atoms with Crippen LogP contribution >= 0.6 is 0 Å². The van der Waals surface area contributed by atoms with E-state index < -0.39 is 0 Å². The molecular formula is C30H16N2O. The fourth-order valence-corrected chi connectivity index (χ4v) is 5.56. The Bertz CT molecular complexity index is 2090. The quantitative estimate of drug-likeness (QED) is 0.232. The summed E-state index contributed by atoms with van der Waals surface area (Å²) in [6, 6.07) is 30.0. The second kappa shape index (κ2) is 6.05. The van der Waals surface area contributed by atoms with Gasteiger partial charge in [0, 0.05) is 39.3 Å². The lowest BCUT2D eigenvalue weighted by Gasteiger charge is -2.15. The first-order chi connectivity index (χ1) is 16.4. The van der Waals surface area contributed by atoms with Crippen molar-refractivity contribution in [1.29, 1.82) is 0 Å². The topological polar surface area (TPSA) is 38.9 Å². The van der Waals surface area contributed by atoms with Gasteiger partial charge in [-0.15, -0.1) is 0 Å². The maximum atomic E-state index is 6.23. The van der Waals surface area contributed by atoms with Crippen LogP contribution in [-0.2, 0) is 0 Å². The number of aromatic nitrogens is 2. The minimum Gasteiger partial charge on any atom is -0.456 e. The van der Waals surface area contributed by atoms with Crippen molar-refractivity contribution in [2.24, 2.45) is 0 Å². The summed E-state index contributed by atoms with van der Waals surface area (Å²) in [5, 5.41) is 11.8. The van der Waals surface area contributed by atoms with E-state index in [0.29, 0.717) is 0 Å². The van der Waals surface area contributed by atoms with Gasteiger partial charge < -0.3 is 4.42 Å². The molecule has 0 fully saturated rings. The summed E-state index contributed by atoms with van der Waals surface area (Å²) < 4.78 is 6.23. The maximum Gasteiger partial charge on any atom is 0.136 e. The van der Waals surface area contributed by atoms with Crippen LogP contribution in [0.2, 0.25) is 0 Å². The van der Waals surface area contributed by atoms with Crippen molar-refractivity contribution >= 4 is 76.1 Å². The van der Waals surface area contributed by atoms with Crippen molar-refractivity contribution in [2.45, 2.75) is 0 Å². The molecular weight excluding hydrogens is 404 g/mol. The smallest absolute Gasteiger partial charge is 0.136 e. The Labute approximate surface area is 187 Å². The first kappa shape index (κ1) is 17.1. The molecule has 0 atom stereocenters. The van der Waals surface area contributed by atoms with Crippen molar-refractivity contribution in [1.82, 2.24) is 9.97 Å². The minimum absolute atomic E-state index is 0.875. The molecule has 8 aromatic rings. The lowest BCUT2D eigenvalue weighted by atomic mass is 9.89. The summed E-state index contributed by atoms with van der Waals surface area (Å²) >= 11 is 0. The second-order valence-electron chi connectivity index (χ2n) is 8.59. The molecule has 0 aliphatic heterocycles. The second-order valence-corrected chi connectivity index (χ2v) is 8.59. The zero-order valence-corrected chi connectivity index (χ0v) is 17.5. The van der Waals surface area contributed by atoms with Gasteiger partial charge in [0.1, 0.15) is 11.2 Å². The van der Waals surface area contributed by atoms with Crippen molar-refractivity contribution in [3.63, 3.8) is 0 Å². The standard InChI is InChI=1S/C30H16N2O/c1-3-10-20-17(7-1)18-8-2-4-11-21(18)28-27(20)23-15-22-19-9-5-6-12-25(19)33-26(22)16-24(23)29-30(28)32-14-13-31-29/h1-16H. The molecule has 3 nitrogen and oxygen atoms in total. The first-order valence-corrected chi connectivity index (χ1v) is 11.1. The van der Waals surface area contributed by atoms with Gasteiger partial charge >= 0.3 is 0 Å². The van der Waals surface area contributed by atoms with Crippen molar-refractivity contribution < 1.29 is 4.42 Å². The first-order valence-electron chi connectivity index (χ1n) is 11.1. The van der Waals surface area contributed by atoms with Gasteiger partial charge in [-0.1, -0.05) is 66.7 Å². The fourth-order valence-electron chi connectivity index (χ4n) is 5.56. The molecule has 0 radical (unpaired) electrons. The highest BCUT2D eigenvalue weighted by molar-refractivity contribution is 6.39. The summed E-state index contributed by atoms with van der Waals surface area (Å²) in [4.78, 5) is 9.65. The summed E-state index contributed by atoms with van der Waals surface area (Å²) in [7, 11) is 0. The predicted molar refractivity (Wildman–Crippen MR) is 137 cm³/mol. The van der Waals surface area contributed by atoms with Crippen LogP contribution in [-0.4, -0.2) is 9.97 Å². The molecule has 3 heteroatoms. The molecule has 33 heavy (non-hydrogen) atoms. The minimum atomic E-state index is 0.875. The number of benzene rings is 6. The van der Waals surface area contributed by atoms with E-state index in [4.69, 9.17) is 14.4 Å². The van der Waals surface area contributed by atoms with E-state index >= 15 is 0 Å². The third-order valence-electron chi connectivity index (χ3n) is 6.91. The number of para-hydroxylation sites is 1. The third kappa shape index (κ3) is 2.14. The molecule has 152 valence electrons. The van der Waals surface area contributed by atoms with Crippen LogP contribution in [0.15, 0.2) is 102 Å². The van der Waals surface area contributed by atoms with E-state index in [-0.39, 0.29) is 0 Å². The monoisotopic (exact) mass is 420 g/mol. The van der Waals surface area contributed by atoms with Gasteiger partial charge in [-0.2, -0.15) is 0 Å². The molecule has 0 saturated carbocycles. The highest BCUT2D eigenvalue weighted by Gasteiger charge is 2.19. The Balaban J connectivity index is 1.79. The number of furan rings is 1. The Morgan fingerprint density at radius 3 is 1.79 bits per heavy atom. The molecule has 0 saturated heterocycles. The van der Waals surface area contributed by atoms with Crippen molar-refractivity contribution in [3.8, 4) is 0 Å². The van der Waals surface area contributed by atoms with E-state index in [1.807, 2.05) is 12.1 Å². The van der Waals surface area contributed by atoms with Gasteiger partial charge in [-0.3, -0.25) is 9.97 Å². The van der Waals surface area contributed by atoms with E-state index in [0.717, 1.165) is 43.7 Å². The van der Waals surface area contributed by atoms with Crippen LogP contribution in [0.5, 0.6) is 0 Å². The van der Waals surface area contributed by atoms with Gasteiger partial charge in [0.2, 0.25) is 0 Å². The highest BCUT2D eigenvalue weighted by atomic mass is 16.3. The average Bonchev–Trinajstić information content (AvgIpc) is 3.25. The van der Waals surface area contributed by atoms with Crippen LogP contribution in [0, 0.1) is 0 Å². The van der Waals surface area contributed by atoms with E-state index in [2.05, 4.69) is 72.8 Å². The Morgan fingerprint density at radius 2 is 1.03 bits per heavy atom. The van der Waals surface area contributed by atoms with Crippen molar-refractivity contribution in [2.75, 3.05) is 0 Å². The Kier molecular flexibility index (Phi) is 3.14. The summed E-state index contributed by atoms with van der Waals surface area (Å²) in [6.07, 6.45) is 3.57. The molecule has 6 aromatic carbocycles. The molecule has 2 aromatic heterocycles. The fraction of sp³-hybridized carbons (Fsp3) is 0. The number of rotatable bonds is 0. The van der Waals surface area contributed by atoms with Gasteiger partial charge in [0.05, 0.1) is 11.0 Å². The Hall–Kier alpha value is -4.50. The number of hydrogen-bond donors (Lipinski definition) is 0. The highest BCUT2D eigenvalue weighted by Crippen LogP contribution is 2.44. The van der Waals surface area contributed by atoms with E-state index in [9.17, 15) is 0 Å². The number of nitrogens with zero attached hydrogens (tertiary/aromatic N) is 2. The molecule has 0 bridgehead atoms. The van der Waals surface area contributed by atoms with Gasteiger partial charge in [0.15, 0.2) is 0 Å². The summed E-state index contributed by atoms with van der Waals surface area (Å²) in [5.41, 5.74) is 3.61. The van der Waals surface area contributed by atoms with Crippen LogP contribution in [0.25, 0.3) is 76.1 Å². The van der Waals surface area contributed by atoms with E-state index in [1.165, 1.54) is 32.3 Å². The molecule has 0 N–H and O–H groups in total. The molecule has 0 spiro atoms. The van der Waals surface area contributed by atoms with Crippen LogP contribution in [0.1, 0.15) is 0 Å². The summed E-state index contributed by atoms with van der Waals surface area (Å²) in [6.45, 7) is 0. The lowest BCUT2D eigenvalue weighted by molar-refractivity contribution is 0.669. The van der Waals surface area contributed by atoms with Crippen molar-refractivity contribution in [3.05, 3.63) is 97.3 Å². The maximum absolute atomic E-state index is 6.23. The van der Waals surface area contributed by atoms with Gasteiger partial charge in [-0.05, 0) is 45.1 Å². The Morgan fingerprint density at radius 1 is 0.424 bits per heavy atom. The average molecular weight is 420 g/mol. The molecule has 0 amide bonds. The van der Waals surface area contributed by atoms with E-state index in [1.54, 1.807) is 12.4 Å². The SMILES string of the molecule is c1ccc2c(c1)oc1cc3c(cc12)c1c2ccccc2c2ccccc2c1c1nccnc31. The normalized spacial score (nSPS) is 12.2. The molecule has 0 aliphatic rings. The lowest BCUT2D eigenvalue weighted by Crippen LogP contribution is -1.91. The zero-order chi connectivity index (χ0) is 21.5. The zero-order valence-electron chi connectivity index (χ0n) is 17.5. The molecule has 0 unspecified atom stereocenters. The number of fused-ring (bicyclic) bond motifs is 14. The van der Waals surface area contributed by atoms with Crippen LogP contribution < -0.4 is 0 Å². The third-order valence-corrected chi connectivity index (χ3v) is 6.91. The van der Waals surface area contributed by atoms with Gasteiger partial charge in [0.25, 0.3) is 0 Å². The summed E-state index contributed by atoms with van der Waals surface area (Å²) in [5.74, 6) is 0. The van der Waals surface area contributed by atoms with Crippen LogP contribution in [0.3, 0.4) is 0 Å².